The Morgan fingerprint density at radius 2 is 1.80 bits per heavy atom. The molecular formula is C39H48FN7O3. The van der Waals surface area contributed by atoms with E-state index >= 15 is 4.39 Å². The molecule has 3 aliphatic heterocycles. The van der Waals surface area contributed by atoms with E-state index in [4.69, 9.17) is 14.7 Å². The molecule has 1 saturated carbocycles. The van der Waals surface area contributed by atoms with Gasteiger partial charge in [0, 0.05) is 48.2 Å². The quantitative estimate of drug-likeness (QED) is 0.181. The number of halogens is 1. The number of aliphatic hydroxyl groups excluding tert-OH is 1. The van der Waals surface area contributed by atoms with Crippen molar-refractivity contribution in [2.24, 2.45) is 0 Å². The van der Waals surface area contributed by atoms with Crippen molar-refractivity contribution < 1.29 is 19.0 Å². The number of hydrogen-bond donors (Lipinski definition) is 3. The highest BCUT2D eigenvalue weighted by Gasteiger charge is 2.55. The number of aliphatic hydroxyl groups is 1. The number of hydrogen-bond acceptors (Lipinski definition) is 8. The van der Waals surface area contributed by atoms with Crippen molar-refractivity contribution in [2.75, 3.05) is 43.6 Å². The third kappa shape index (κ3) is 5.49. The number of rotatable bonds is 8. The molecule has 4 aromatic rings. The molecule has 2 saturated heterocycles. The highest BCUT2D eigenvalue weighted by atomic mass is 19.1. The number of anilines is 3. The predicted molar refractivity (Wildman–Crippen MR) is 193 cm³/mol. The molecule has 4 aliphatic rings. The van der Waals surface area contributed by atoms with E-state index in [2.05, 4.69) is 52.5 Å². The maximum atomic E-state index is 15.5. The third-order valence-electron chi connectivity index (χ3n) is 11.7. The van der Waals surface area contributed by atoms with Crippen LogP contribution in [0.1, 0.15) is 87.8 Å². The Morgan fingerprint density at radius 3 is 2.52 bits per heavy atom. The number of piperidine rings is 1. The Hall–Kier alpha value is -3.90. The predicted octanol–water partition coefficient (Wildman–Crippen LogP) is 6.49. The minimum absolute atomic E-state index is 0.0872. The topological polar surface area (TPSA) is 108 Å². The first-order chi connectivity index (χ1) is 24.2. The van der Waals surface area contributed by atoms with Crippen molar-refractivity contribution in [2.45, 2.75) is 95.5 Å². The third-order valence-corrected chi connectivity index (χ3v) is 11.7. The van der Waals surface area contributed by atoms with Crippen LogP contribution >= 0.6 is 0 Å². The summed E-state index contributed by atoms with van der Waals surface area (Å²) in [5, 5.41) is 16.7. The minimum atomic E-state index is -0.946. The smallest absolute Gasteiger partial charge is 0.238 e. The number of likely N-dealkylation sites (tertiary alicyclic amines) is 1. The maximum Gasteiger partial charge on any atom is 0.238 e. The molecule has 5 heterocycles. The summed E-state index contributed by atoms with van der Waals surface area (Å²) >= 11 is 0. The Labute approximate surface area is 293 Å². The molecule has 1 unspecified atom stereocenters. The Kier molecular flexibility index (Phi) is 8.65. The Balaban J connectivity index is 1.20. The van der Waals surface area contributed by atoms with Gasteiger partial charge < -0.3 is 29.5 Å². The second kappa shape index (κ2) is 13.0. The van der Waals surface area contributed by atoms with Crippen LogP contribution in [0.4, 0.5) is 21.6 Å². The van der Waals surface area contributed by atoms with Crippen LogP contribution in [0.2, 0.25) is 0 Å². The van der Waals surface area contributed by atoms with E-state index in [1.807, 2.05) is 10.6 Å². The summed E-state index contributed by atoms with van der Waals surface area (Å²) in [4.78, 5) is 29.1. The zero-order valence-corrected chi connectivity index (χ0v) is 29.5. The van der Waals surface area contributed by atoms with E-state index in [0.717, 1.165) is 53.8 Å². The summed E-state index contributed by atoms with van der Waals surface area (Å²) in [6, 6.07) is 12.2. The number of aryl methyl sites for hydroxylation is 1. The largest absolute Gasteiger partial charge is 0.381 e. The van der Waals surface area contributed by atoms with Crippen molar-refractivity contribution >= 4 is 34.1 Å². The van der Waals surface area contributed by atoms with Gasteiger partial charge in [-0.2, -0.15) is 0 Å². The Bertz CT molecular complexity index is 1920. The molecule has 1 aliphatic carbocycles. The summed E-state index contributed by atoms with van der Waals surface area (Å²) in [6.45, 7) is 9.40. The van der Waals surface area contributed by atoms with Gasteiger partial charge in [-0.3, -0.25) is 10.1 Å². The number of ether oxygens (including phenoxy) is 1. The number of imidazole rings is 1. The van der Waals surface area contributed by atoms with Gasteiger partial charge in [0.25, 0.3) is 0 Å². The lowest BCUT2D eigenvalue weighted by Crippen LogP contribution is -2.57. The van der Waals surface area contributed by atoms with E-state index in [0.29, 0.717) is 54.7 Å². The standard InChI is InChI=1S/C39H48FN7O3/c1-23(2)46-22-42-33-21-31(43-36(35(33)46)44-32-20-28(37(48)41-4)24(3)16-30(32)40)25-8-9-29-34(17-25)47(38(49)39(29)10-14-50-15-11-39)27-18-26(19-27)45-12-6-5-7-13-45/h8-9,16-17,20-23,26-27,37,41,48H,5-7,10-15,18-19H2,1-4H3,(H,43,44). The Morgan fingerprint density at radius 1 is 1.04 bits per heavy atom. The van der Waals surface area contributed by atoms with E-state index in [-0.39, 0.29) is 23.7 Å². The maximum absolute atomic E-state index is 15.5. The number of aromatic nitrogens is 3. The van der Waals surface area contributed by atoms with Gasteiger partial charge in [-0.25, -0.2) is 14.4 Å². The normalized spacial score (nSPS) is 22.7. The van der Waals surface area contributed by atoms with E-state index in [1.165, 1.54) is 25.3 Å². The molecule has 0 radical (unpaired) electrons. The van der Waals surface area contributed by atoms with Crippen molar-refractivity contribution in [3.63, 3.8) is 0 Å². The van der Waals surface area contributed by atoms with Crippen LogP contribution in [0.25, 0.3) is 22.3 Å². The summed E-state index contributed by atoms with van der Waals surface area (Å²) in [5.41, 5.74) is 5.99. The van der Waals surface area contributed by atoms with Crippen molar-refractivity contribution in [1.29, 1.82) is 0 Å². The zero-order valence-electron chi connectivity index (χ0n) is 29.5. The molecule has 0 bridgehead atoms. The molecule has 2 aromatic carbocycles. The second-order valence-corrected chi connectivity index (χ2v) is 15.0. The van der Waals surface area contributed by atoms with Gasteiger partial charge in [-0.05, 0) is 115 Å². The lowest BCUT2D eigenvalue weighted by atomic mass is 9.75. The molecule has 50 heavy (non-hydrogen) atoms. The van der Waals surface area contributed by atoms with Crippen molar-refractivity contribution in [3.8, 4) is 11.3 Å². The molecule has 11 heteroatoms. The van der Waals surface area contributed by atoms with Crippen LogP contribution in [-0.2, 0) is 14.9 Å². The number of nitrogens with zero attached hydrogens (tertiary/aromatic N) is 5. The number of carbonyl (C=O) groups excluding carboxylic acids is 1. The number of nitrogens with one attached hydrogen (secondary N) is 2. The average molecular weight is 682 g/mol. The van der Waals surface area contributed by atoms with Gasteiger partial charge >= 0.3 is 0 Å². The van der Waals surface area contributed by atoms with E-state index in [9.17, 15) is 9.90 Å². The molecular weight excluding hydrogens is 633 g/mol. The van der Waals surface area contributed by atoms with E-state index < -0.39 is 17.5 Å². The summed E-state index contributed by atoms with van der Waals surface area (Å²) in [5.74, 6) is 0.238. The van der Waals surface area contributed by atoms with Crippen LogP contribution in [0.15, 0.2) is 42.7 Å². The van der Waals surface area contributed by atoms with Crippen LogP contribution in [0.5, 0.6) is 0 Å². The van der Waals surface area contributed by atoms with Gasteiger partial charge in [0.05, 0.1) is 28.6 Å². The zero-order chi connectivity index (χ0) is 34.7. The summed E-state index contributed by atoms with van der Waals surface area (Å²) < 4.78 is 23.3. The number of amides is 1. The molecule has 2 aromatic heterocycles. The molecule has 1 amide bonds. The molecule has 1 atom stereocenters. The first-order valence-electron chi connectivity index (χ1n) is 18.3. The second-order valence-electron chi connectivity index (χ2n) is 15.0. The number of fused-ring (bicyclic) bond motifs is 3. The number of pyridine rings is 1. The van der Waals surface area contributed by atoms with E-state index in [1.54, 1.807) is 26.4 Å². The van der Waals surface area contributed by atoms with Gasteiger partial charge in [0.1, 0.15) is 17.6 Å². The van der Waals surface area contributed by atoms with Crippen LogP contribution < -0.4 is 15.5 Å². The fourth-order valence-corrected chi connectivity index (χ4v) is 8.72. The summed E-state index contributed by atoms with van der Waals surface area (Å²) in [7, 11) is 1.66. The van der Waals surface area contributed by atoms with Crippen LogP contribution in [-0.4, -0.2) is 75.9 Å². The van der Waals surface area contributed by atoms with Crippen molar-refractivity contribution in [3.05, 3.63) is 65.2 Å². The van der Waals surface area contributed by atoms with Crippen LogP contribution in [0.3, 0.4) is 0 Å². The van der Waals surface area contributed by atoms with Gasteiger partial charge in [0.2, 0.25) is 5.91 Å². The first-order valence-corrected chi connectivity index (χ1v) is 18.3. The van der Waals surface area contributed by atoms with Gasteiger partial charge in [0.15, 0.2) is 5.82 Å². The fourth-order valence-electron chi connectivity index (χ4n) is 8.72. The highest BCUT2D eigenvalue weighted by molar-refractivity contribution is 6.09. The molecule has 1 spiro atoms. The SMILES string of the molecule is CNC(O)c1cc(Nc2nc(-c3ccc4c(c3)N(C3CC(N5CCCCC5)C3)C(=O)C43CCOCC3)cc3ncn(C(C)C)c23)c(F)cc1C. The monoisotopic (exact) mass is 681 g/mol. The fraction of sp³-hybridized carbons (Fsp3) is 0.513. The lowest BCUT2D eigenvalue weighted by Gasteiger charge is -2.48. The molecule has 3 N–H and O–H groups in total. The number of carbonyl (C=O) groups is 1. The summed E-state index contributed by atoms with van der Waals surface area (Å²) in [6.07, 6.45) is 8.06. The average Bonchev–Trinajstić information content (AvgIpc) is 3.64. The first kappa shape index (κ1) is 33.3. The van der Waals surface area contributed by atoms with Gasteiger partial charge in [-0.1, -0.05) is 18.6 Å². The highest BCUT2D eigenvalue weighted by Crippen LogP contribution is 2.52. The van der Waals surface area contributed by atoms with Crippen LogP contribution in [0, 0.1) is 12.7 Å². The molecule has 3 fully saturated rings. The molecule has 264 valence electrons. The molecule has 10 nitrogen and oxygen atoms in total. The molecule has 8 rings (SSSR count). The van der Waals surface area contributed by atoms with Crippen molar-refractivity contribution in [1.82, 2.24) is 24.8 Å². The lowest BCUT2D eigenvalue weighted by molar-refractivity contribution is -0.127. The minimum Gasteiger partial charge on any atom is -0.381 e. The van der Waals surface area contributed by atoms with Gasteiger partial charge in [-0.15, -0.1) is 0 Å². The number of benzene rings is 2.